The van der Waals surface area contributed by atoms with Crippen LogP contribution in [0.2, 0.25) is 0 Å². The van der Waals surface area contributed by atoms with E-state index in [1.807, 2.05) is 42.5 Å². The molecule has 0 spiro atoms. The lowest BCUT2D eigenvalue weighted by Crippen LogP contribution is -2.37. The van der Waals surface area contributed by atoms with Gasteiger partial charge in [0, 0.05) is 30.9 Å². The van der Waals surface area contributed by atoms with Crippen LogP contribution in [0.25, 0.3) is 11.3 Å². The van der Waals surface area contributed by atoms with E-state index < -0.39 is 0 Å². The first-order valence-electron chi connectivity index (χ1n) is 8.85. The van der Waals surface area contributed by atoms with E-state index in [4.69, 9.17) is 19.4 Å². The Hall–Kier alpha value is -3.19. The fourth-order valence-electron chi connectivity index (χ4n) is 2.92. The third-order valence-electron chi connectivity index (χ3n) is 4.31. The number of methoxy groups -OCH3 is 1. The number of anilines is 3. The number of aromatic nitrogens is 3. The molecule has 0 unspecified atom stereocenters. The normalized spacial score (nSPS) is 14.0. The van der Waals surface area contributed by atoms with Crippen LogP contribution in [0.5, 0.6) is 5.75 Å². The molecule has 1 saturated heterocycles. The monoisotopic (exact) mass is 363 g/mol. The number of hydrogen-bond acceptors (Lipinski definition) is 7. The van der Waals surface area contributed by atoms with E-state index in [0.717, 1.165) is 41.6 Å². The average molecular weight is 363 g/mol. The summed E-state index contributed by atoms with van der Waals surface area (Å²) in [6, 6.07) is 13.6. The van der Waals surface area contributed by atoms with Crippen LogP contribution in [0.3, 0.4) is 0 Å². The third kappa shape index (κ3) is 4.15. The van der Waals surface area contributed by atoms with Crippen LogP contribution in [-0.2, 0) is 4.74 Å². The molecule has 0 bridgehead atoms. The van der Waals surface area contributed by atoms with Crippen LogP contribution in [0.15, 0.2) is 54.9 Å². The molecule has 2 aromatic heterocycles. The van der Waals surface area contributed by atoms with Crippen molar-refractivity contribution in [3.8, 4) is 17.0 Å². The highest BCUT2D eigenvalue weighted by Gasteiger charge is 2.16. The smallest absolute Gasteiger partial charge is 0.228 e. The van der Waals surface area contributed by atoms with Gasteiger partial charge < -0.3 is 19.7 Å². The first kappa shape index (κ1) is 17.2. The molecule has 0 radical (unpaired) electrons. The molecule has 0 atom stereocenters. The van der Waals surface area contributed by atoms with Crippen LogP contribution in [0, 0.1) is 0 Å². The molecule has 0 amide bonds. The molecule has 3 aromatic rings. The van der Waals surface area contributed by atoms with Gasteiger partial charge in [0.25, 0.3) is 0 Å². The SMILES string of the molecule is COc1cccc(-c2cc(Nc3cccnc3)nc(N3CCOCC3)n2)c1. The van der Waals surface area contributed by atoms with Gasteiger partial charge in [0.15, 0.2) is 0 Å². The molecule has 3 heterocycles. The number of nitrogens with one attached hydrogen (secondary N) is 1. The molecule has 1 N–H and O–H groups in total. The second kappa shape index (κ2) is 8.01. The van der Waals surface area contributed by atoms with Crippen molar-refractivity contribution in [2.24, 2.45) is 0 Å². The highest BCUT2D eigenvalue weighted by molar-refractivity contribution is 5.68. The number of benzene rings is 1. The Balaban J connectivity index is 1.73. The fourth-order valence-corrected chi connectivity index (χ4v) is 2.92. The van der Waals surface area contributed by atoms with E-state index in [0.29, 0.717) is 19.2 Å². The Bertz CT molecular complexity index is 898. The van der Waals surface area contributed by atoms with Gasteiger partial charge in [-0.1, -0.05) is 12.1 Å². The number of nitrogens with zero attached hydrogens (tertiary/aromatic N) is 4. The Morgan fingerprint density at radius 1 is 1.07 bits per heavy atom. The van der Waals surface area contributed by atoms with E-state index in [9.17, 15) is 0 Å². The summed E-state index contributed by atoms with van der Waals surface area (Å²) in [4.78, 5) is 15.8. The second-order valence-corrected chi connectivity index (χ2v) is 6.14. The topological polar surface area (TPSA) is 72.4 Å². The van der Waals surface area contributed by atoms with Crippen LogP contribution in [0.1, 0.15) is 0 Å². The number of rotatable bonds is 5. The van der Waals surface area contributed by atoms with Gasteiger partial charge in [0.1, 0.15) is 11.6 Å². The minimum atomic E-state index is 0.679. The van der Waals surface area contributed by atoms with Crippen molar-refractivity contribution in [1.29, 1.82) is 0 Å². The molecular formula is C20H21N5O2. The molecule has 1 aliphatic heterocycles. The van der Waals surface area contributed by atoms with Crippen molar-refractivity contribution in [3.63, 3.8) is 0 Å². The Morgan fingerprint density at radius 2 is 1.96 bits per heavy atom. The van der Waals surface area contributed by atoms with Gasteiger partial charge in [-0.2, -0.15) is 4.98 Å². The summed E-state index contributed by atoms with van der Waals surface area (Å²) in [6.07, 6.45) is 3.51. The third-order valence-corrected chi connectivity index (χ3v) is 4.31. The molecule has 4 rings (SSSR count). The van der Waals surface area contributed by atoms with E-state index in [2.05, 4.69) is 15.2 Å². The molecule has 7 nitrogen and oxygen atoms in total. The number of ether oxygens (including phenoxy) is 2. The quantitative estimate of drug-likeness (QED) is 0.746. The lowest BCUT2D eigenvalue weighted by molar-refractivity contribution is 0.122. The summed E-state index contributed by atoms with van der Waals surface area (Å²) in [7, 11) is 1.66. The molecule has 0 aliphatic carbocycles. The van der Waals surface area contributed by atoms with Crippen molar-refractivity contribution < 1.29 is 9.47 Å². The summed E-state index contributed by atoms with van der Waals surface area (Å²) < 4.78 is 10.8. The standard InChI is InChI=1S/C20H21N5O2/c1-26-17-6-2-4-15(12-17)18-13-19(22-16-5-3-7-21-14-16)24-20(23-18)25-8-10-27-11-9-25/h2-7,12-14H,8-11H2,1H3,(H,22,23,24). The molecule has 0 saturated carbocycles. The second-order valence-electron chi connectivity index (χ2n) is 6.14. The molecular weight excluding hydrogens is 342 g/mol. The minimum Gasteiger partial charge on any atom is -0.497 e. The Kier molecular flexibility index (Phi) is 5.11. The van der Waals surface area contributed by atoms with Gasteiger partial charge in [0.2, 0.25) is 5.95 Å². The van der Waals surface area contributed by atoms with Gasteiger partial charge >= 0.3 is 0 Å². The molecule has 138 valence electrons. The summed E-state index contributed by atoms with van der Waals surface area (Å²) in [5, 5.41) is 3.32. The van der Waals surface area contributed by atoms with Gasteiger partial charge in [-0.05, 0) is 24.3 Å². The van der Waals surface area contributed by atoms with Gasteiger partial charge in [0.05, 0.1) is 37.9 Å². The molecule has 7 heteroatoms. The van der Waals surface area contributed by atoms with Crippen molar-refractivity contribution in [1.82, 2.24) is 15.0 Å². The summed E-state index contributed by atoms with van der Waals surface area (Å²) in [6.45, 7) is 2.90. The highest BCUT2D eigenvalue weighted by Crippen LogP contribution is 2.27. The van der Waals surface area contributed by atoms with Crippen LogP contribution >= 0.6 is 0 Å². The van der Waals surface area contributed by atoms with Crippen LogP contribution in [-0.4, -0.2) is 48.4 Å². The number of hydrogen-bond donors (Lipinski definition) is 1. The Labute approximate surface area is 158 Å². The van der Waals surface area contributed by atoms with Crippen molar-refractivity contribution >= 4 is 17.5 Å². The van der Waals surface area contributed by atoms with Crippen LogP contribution < -0.4 is 15.0 Å². The van der Waals surface area contributed by atoms with Gasteiger partial charge in [-0.25, -0.2) is 4.98 Å². The van der Waals surface area contributed by atoms with Crippen molar-refractivity contribution in [2.45, 2.75) is 0 Å². The summed E-state index contributed by atoms with van der Waals surface area (Å²) in [5.41, 5.74) is 2.68. The zero-order valence-corrected chi connectivity index (χ0v) is 15.1. The first-order valence-corrected chi connectivity index (χ1v) is 8.85. The molecule has 27 heavy (non-hydrogen) atoms. The van der Waals surface area contributed by atoms with Crippen molar-refractivity contribution in [3.05, 3.63) is 54.9 Å². The Morgan fingerprint density at radius 3 is 2.74 bits per heavy atom. The van der Waals surface area contributed by atoms with Crippen LogP contribution in [0.4, 0.5) is 17.5 Å². The van der Waals surface area contributed by atoms with E-state index in [-0.39, 0.29) is 0 Å². The zero-order chi connectivity index (χ0) is 18.5. The first-order chi connectivity index (χ1) is 13.3. The largest absolute Gasteiger partial charge is 0.497 e. The fraction of sp³-hybridized carbons (Fsp3) is 0.250. The molecule has 1 aliphatic rings. The zero-order valence-electron chi connectivity index (χ0n) is 15.1. The predicted molar refractivity (Wildman–Crippen MR) is 105 cm³/mol. The summed E-state index contributed by atoms with van der Waals surface area (Å²) >= 11 is 0. The van der Waals surface area contributed by atoms with E-state index >= 15 is 0 Å². The van der Waals surface area contributed by atoms with Gasteiger partial charge in [-0.3, -0.25) is 4.98 Å². The number of pyridine rings is 1. The lowest BCUT2D eigenvalue weighted by Gasteiger charge is -2.27. The molecule has 1 fully saturated rings. The summed E-state index contributed by atoms with van der Waals surface area (Å²) in [5.74, 6) is 2.20. The maximum Gasteiger partial charge on any atom is 0.228 e. The maximum absolute atomic E-state index is 5.45. The van der Waals surface area contributed by atoms with Crippen molar-refractivity contribution in [2.75, 3.05) is 43.6 Å². The predicted octanol–water partition coefficient (Wildman–Crippen LogP) is 3.13. The van der Waals surface area contributed by atoms with E-state index in [1.165, 1.54) is 0 Å². The minimum absolute atomic E-state index is 0.679. The van der Waals surface area contributed by atoms with Gasteiger partial charge in [-0.15, -0.1) is 0 Å². The maximum atomic E-state index is 5.45. The lowest BCUT2D eigenvalue weighted by atomic mass is 10.1. The average Bonchev–Trinajstić information content (AvgIpc) is 2.75. The molecule has 1 aromatic carbocycles. The number of morpholine rings is 1. The highest BCUT2D eigenvalue weighted by atomic mass is 16.5. The van der Waals surface area contributed by atoms with E-state index in [1.54, 1.807) is 19.5 Å².